The second kappa shape index (κ2) is 7.90. The summed E-state index contributed by atoms with van der Waals surface area (Å²) >= 11 is 0. The molecule has 2 aliphatic rings. The van der Waals surface area contributed by atoms with Gasteiger partial charge in [0.2, 0.25) is 0 Å². The van der Waals surface area contributed by atoms with Crippen LogP contribution >= 0.6 is 0 Å². The van der Waals surface area contributed by atoms with E-state index in [1.807, 2.05) is 17.0 Å². The molecule has 0 bridgehead atoms. The van der Waals surface area contributed by atoms with Gasteiger partial charge in [0.05, 0.1) is 18.9 Å². The van der Waals surface area contributed by atoms with Crippen molar-refractivity contribution in [3.8, 4) is 0 Å². The van der Waals surface area contributed by atoms with Crippen LogP contribution in [0.25, 0.3) is 11.0 Å². The Labute approximate surface area is 160 Å². The average Bonchev–Trinajstić information content (AvgIpc) is 2.87. The van der Waals surface area contributed by atoms with Crippen molar-refractivity contribution < 1.29 is 13.9 Å². The van der Waals surface area contributed by atoms with Crippen LogP contribution in [0, 0.1) is 5.92 Å². The number of ether oxygens (including phenoxy) is 1. The smallest absolute Gasteiger partial charge is 0.322 e. The van der Waals surface area contributed by atoms with Gasteiger partial charge in [-0.1, -0.05) is 12.1 Å². The van der Waals surface area contributed by atoms with Crippen LogP contribution in [-0.2, 0) is 17.6 Å². The highest BCUT2D eigenvalue weighted by molar-refractivity contribution is 6.00. The molecular formula is C21H29N3O3. The number of carbonyl (C=O) groups is 1. The Bertz CT molecular complexity index is 814. The van der Waals surface area contributed by atoms with Crippen molar-refractivity contribution in [1.82, 2.24) is 9.80 Å². The number of aryl methyl sites for hydroxylation is 2. The molecule has 1 atom stereocenters. The summed E-state index contributed by atoms with van der Waals surface area (Å²) in [5.41, 5.74) is 2.90. The number of hydrogen-bond donors (Lipinski definition) is 1. The number of fused-ring (bicyclic) bond motifs is 3. The standard InChI is InChI=1S/C21H29N3O3/c1-23(2)12-15-13-24(10-11-26-14-15)21(25)22-18-8-5-7-17-16-6-3-4-9-19(16)27-20(17)18/h5,7-8,15H,3-4,6,9-14H2,1-2H3,(H,22,25)/t15-/m1/s1. The summed E-state index contributed by atoms with van der Waals surface area (Å²) in [4.78, 5) is 16.9. The number of furan rings is 1. The molecule has 1 aromatic carbocycles. The van der Waals surface area contributed by atoms with E-state index >= 15 is 0 Å². The largest absolute Gasteiger partial charge is 0.459 e. The third-order valence-corrected chi connectivity index (χ3v) is 5.47. The Balaban J connectivity index is 1.53. The fourth-order valence-corrected chi connectivity index (χ4v) is 4.27. The summed E-state index contributed by atoms with van der Waals surface area (Å²) in [5.74, 6) is 1.41. The van der Waals surface area contributed by atoms with Crippen LogP contribution in [0.15, 0.2) is 22.6 Å². The predicted octanol–water partition coefficient (Wildman–Crippen LogP) is 3.35. The summed E-state index contributed by atoms with van der Waals surface area (Å²) in [6.07, 6.45) is 4.44. The second-order valence-electron chi connectivity index (χ2n) is 7.97. The lowest BCUT2D eigenvalue weighted by atomic mass is 9.96. The monoisotopic (exact) mass is 371 g/mol. The van der Waals surface area contributed by atoms with E-state index in [9.17, 15) is 4.79 Å². The molecule has 1 fully saturated rings. The first-order chi connectivity index (χ1) is 13.1. The van der Waals surface area contributed by atoms with Gasteiger partial charge in [-0.2, -0.15) is 0 Å². The molecule has 2 aromatic rings. The van der Waals surface area contributed by atoms with Crippen molar-refractivity contribution in [2.45, 2.75) is 25.7 Å². The lowest BCUT2D eigenvalue weighted by Crippen LogP contribution is -2.41. The van der Waals surface area contributed by atoms with E-state index in [0.717, 1.165) is 41.8 Å². The topological polar surface area (TPSA) is 58.0 Å². The molecule has 0 unspecified atom stereocenters. The lowest BCUT2D eigenvalue weighted by Gasteiger charge is -2.25. The number of hydrogen-bond acceptors (Lipinski definition) is 4. The van der Waals surface area contributed by atoms with Crippen LogP contribution in [0.5, 0.6) is 0 Å². The minimum Gasteiger partial charge on any atom is -0.459 e. The van der Waals surface area contributed by atoms with Crippen LogP contribution in [0.1, 0.15) is 24.2 Å². The van der Waals surface area contributed by atoms with E-state index < -0.39 is 0 Å². The molecule has 1 aliphatic carbocycles. The van der Waals surface area contributed by atoms with Gasteiger partial charge in [0, 0.05) is 42.9 Å². The zero-order valence-corrected chi connectivity index (χ0v) is 16.3. The maximum absolute atomic E-state index is 12.9. The van der Waals surface area contributed by atoms with Crippen molar-refractivity contribution in [3.05, 3.63) is 29.5 Å². The number of rotatable bonds is 3. The molecule has 0 saturated carbocycles. The van der Waals surface area contributed by atoms with Gasteiger partial charge in [-0.05, 0) is 39.4 Å². The number of nitrogens with one attached hydrogen (secondary N) is 1. The summed E-state index contributed by atoms with van der Waals surface area (Å²) in [5, 5.41) is 4.24. The SMILES string of the molecule is CN(C)C[C@H]1COCCN(C(=O)Nc2cccc3c4c(oc23)CCCC4)C1. The third kappa shape index (κ3) is 3.96. The Hall–Kier alpha value is -2.05. The van der Waals surface area contributed by atoms with E-state index in [4.69, 9.17) is 9.15 Å². The quantitative estimate of drug-likeness (QED) is 0.899. The van der Waals surface area contributed by atoms with E-state index in [-0.39, 0.29) is 6.03 Å². The number of benzene rings is 1. The molecule has 2 heterocycles. The number of urea groups is 1. The summed E-state index contributed by atoms with van der Waals surface area (Å²) in [6, 6.07) is 5.96. The van der Waals surface area contributed by atoms with Crippen molar-refractivity contribution in [2.24, 2.45) is 5.92 Å². The minimum atomic E-state index is -0.0777. The zero-order chi connectivity index (χ0) is 18.8. The number of para-hydroxylation sites is 1. The van der Waals surface area contributed by atoms with Crippen molar-refractivity contribution in [1.29, 1.82) is 0 Å². The molecule has 1 aliphatic heterocycles. The van der Waals surface area contributed by atoms with E-state index in [0.29, 0.717) is 32.2 Å². The first-order valence-electron chi connectivity index (χ1n) is 9.93. The molecule has 1 aromatic heterocycles. The average molecular weight is 371 g/mol. The molecule has 1 N–H and O–H groups in total. The molecule has 0 spiro atoms. The highest BCUT2D eigenvalue weighted by Crippen LogP contribution is 2.35. The van der Waals surface area contributed by atoms with Crippen LogP contribution < -0.4 is 5.32 Å². The summed E-state index contributed by atoms with van der Waals surface area (Å²) < 4.78 is 11.8. The Morgan fingerprint density at radius 3 is 3.00 bits per heavy atom. The Kier molecular flexibility index (Phi) is 5.36. The van der Waals surface area contributed by atoms with Gasteiger partial charge < -0.3 is 24.3 Å². The molecular weight excluding hydrogens is 342 g/mol. The molecule has 1 saturated heterocycles. The molecule has 2 amide bonds. The predicted molar refractivity (Wildman–Crippen MR) is 106 cm³/mol. The lowest BCUT2D eigenvalue weighted by molar-refractivity contribution is 0.112. The van der Waals surface area contributed by atoms with E-state index in [2.05, 4.69) is 30.4 Å². The minimum absolute atomic E-state index is 0.0777. The number of anilines is 1. The van der Waals surface area contributed by atoms with Crippen LogP contribution in [0.3, 0.4) is 0 Å². The van der Waals surface area contributed by atoms with Crippen LogP contribution in [-0.4, -0.2) is 62.8 Å². The van der Waals surface area contributed by atoms with Crippen LogP contribution in [0.4, 0.5) is 10.5 Å². The van der Waals surface area contributed by atoms with Crippen molar-refractivity contribution in [2.75, 3.05) is 52.3 Å². The Morgan fingerprint density at radius 2 is 2.15 bits per heavy atom. The van der Waals surface area contributed by atoms with Gasteiger partial charge in [0.1, 0.15) is 5.76 Å². The Morgan fingerprint density at radius 1 is 1.30 bits per heavy atom. The number of nitrogens with zero attached hydrogens (tertiary/aromatic N) is 2. The van der Waals surface area contributed by atoms with Crippen molar-refractivity contribution >= 4 is 22.7 Å². The second-order valence-corrected chi connectivity index (χ2v) is 7.97. The van der Waals surface area contributed by atoms with Crippen LogP contribution in [0.2, 0.25) is 0 Å². The number of carbonyl (C=O) groups excluding carboxylic acids is 1. The van der Waals surface area contributed by atoms with Gasteiger partial charge >= 0.3 is 6.03 Å². The fourth-order valence-electron chi connectivity index (χ4n) is 4.27. The number of amides is 2. The van der Waals surface area contributed by atoms with Gasteiger partial charge in [-0.3, -0.25) is 0 Å². The zero-order valence-electron chi connectivity index (χ0n) is 16.3. The molecule has 146 valence electrons. The summed E-state index contributed by atoms with van der Waals surface area (Å²) in [7, 11) is 4.10. The van der Waals surface area contributed by atoms with E-state index in [1.54, 1.807) is 0 Å². The van der Waals surface area contributed by atoms with Gasteiger partial charge in [-0.25, -0.2) is 4.79 Å². The van der Waals surface area contributed by atoms with Gasteiger partial charge in [0.15, 0.2) is 5.58 Å². The maximum Gasteiger partial charge on any atom is 0.322 e. The highest BCUT2D eigenvalue weighted by Gasteiger charge is 2.25. The van der Waals surface area contributed by atoms with Crippen molar-refractivity contribution in [3.63, 3.8) is 0 Å². The fraction of sp³-hybridized carbons (Fsp3) is 0.571. The third-order valence-electron chi connectivity index (χ3n) is 5.47. The normalized spacial score (nSPS) is 20.6. The molecule has 6 nitrogen and oxygen atoms in total. The first-order valence-corrected chi connectivity index (χ1v) is 9.93. The summed E-state index contributed by atoms with van der Waals surface area (Å²) in [6.45, 7) is 3.50. The maximum atomic E-state index is 12.9. The van der Waals surface area contributed by atoms with E-state index in [1.165, 1.54) is 18.4 Å². The molecule has 27 heavy (non-hydrogen) atoms. The van der Waals surface area contributed by atoms with Gasteiger partial charge in [0.25, 0.3) is 0 Å². The van der Waals surface area contributed by atoms with Gasteiger partial charge in [-0.15, -0.1) is 0 Å². The molecule has 4 rings (SSSR count). The molecule has 0 radical (unpaired) electrons. The highest BCUT2D eigenvalue weighted by atomic mass is 16.5. The first kappa shape index (κ1) is 18.3. The molecule has 6 heteroatoms.